The van der Waals surface area contributed by atoms with Gasteiger partial charge < -0.3 is 0 Å². The highest BCUT2D eigenvalue weighted by Crippen LogP contribution is 2.40. The fourth-order valence-corrected chi connectivity index (χ4v) is 8.02. The summed E-state index contributed by atoms with van der Waals surface area (Å²) in [6.07, 6.45) is 3.97. The van der Waals surface area contributed by atoms with Crippen LogP contribution in [0.15, 0.2) is 200 Å². The molecular formula is C56H45ClN2. The van der Waals surface area contributed by atoms with Crippen molar-refractivity contribution >= 4 is 11.6 Å². The maximum absolute atomic E-state index is 6.94. The van der Waals surface area contributed by atoms with Crippen molar-refractivity contribution in [3.8, 4) is 89.3 Å². The van der Waals surface area contributed by atoms with Crippen LogP contribution in [0, 0.1) is 13.8 Å². The van der Waals surface area contributed by atoms with E-state index in [0.717, 1.165) is 78.1 Å². The molecule has 0 N–H and O–H groups in total. The Morgan fingerprint density at radius 3 is 0.966 bits per heavy atom. The van der Waals surface area contributed by atoms with Gasteiger partial charge >= 0.3 is 0 Å². The summed E-state index contributed by atoms with van der Waals surface area (Å²) in [7, 11) is 0. The summed E-state index contributed by atoms with van der Waals surface area (Å²) in [5.41, 5.74) is 20.1. The molecule has 0 saturated carbocycles. The van der Waals surface area contributed by atoms with Crippen molar-refractivity contribution in [2.75, 3.05) is 0 Å². The van der Waals surface area contributed by atoms with Crippen LogP contribution in [0.1, 0.15) is 25.0 Å². The normalized spacial score (nSPS) is 10.8. The zero-order valence-corrected chi connectivity index (χ0v) is 34.6. The van der Waals surface area contributed by atoms with E-state index in [1.54, 1.807) is 0 Å². The van der Waals surface area contributed by atoms with Crippen LogP contribution in [0.25, 0.3) is 89.3 Å². The second kappa shape index (κ2) is 17.7. The number of aromatic nitrogens is 2. The highest BCUT2D eigenvalue weighted by Gasteiger charge is 2.14. The molecular weight excluding hydrogens is 736 g/mol. The van der Waals surface area contributed by atoms with Gasteiger partial charge in [0.15, 0.2) is 0 Å². The molecule has 286 valence electrons. The van der Waals surface area contributed by atoms with E-state index in [2.05, 4.69) is 190 Å². The summed E-state index contributed by atoms with van der Waals surface area (Å²) in [6.45, 7) is 8.30. The highest BCUT2D eigenvalue weighted by atomic mass is 35.5. The Labute approximate surface area is 353 Å². The third-order valence-electron chi connectivity index (χ3n) is 10.7. The smallest absolute Gasteiger partial charge is 0.0705 e. The van der Waals surface area contributed by atoms with E-state index >= 15 is 0 Å². The Hall–Kier alpha value is -6.87. The molecule has 3 heteroatoms. The molecule has 0 amide bonds. The number of pyridine rings is 2. The van der Waals surface area contributed by atoms with E-state index in [0.29, 0.717) is 5.02 Å². The average molecular weight is 781 g/mol. The SMILES string of the molecule is CC.Cc1cc(-c2ccc(-c3ccccc3-c3cc(Cl)cc(-c4ccccc4-c4ccc(-c5cc(C)c(-c6ccccc6)cn5)cc4)c3)cc2)ncc1-c1ccccc1. The van der Waals surface area contributed by atoms with Gasteiger partial charge in [-0.05, 0) is 111 Å². The lowest BCUT2D eigenvalue weighted by Crippen LogP contribution is -1.91. The van der Waals surface area contributed by atoms with Crippen molar-refractivity contribution in [3.63, 3.8) is 0 Å². The number of benzene rings is 7. The van der Waals surface area contributed by atoms with Crippen LogP contribution in [0.5, 0.6) is 0 Å². The molecule has 59 heavy (non-hydrogen) atoms. The van der Waals surface area contributed by atoms with Gasteiger partial charge in [0.1, 0.15) is 0 Å². The number of hydrogen-bond acceptors (Lipinski definition) is 2. The minimum absolute atomic E-state index is 0.693. The monoisotopic (exact) mass is 780 g/mol. The van der Waals surface area contributed by atoms with Gasteiger partial charge in [0, 0.05) is 39.7 Å². The van der Waals surface area contributed by atoms with Crippen molar-refractivity contribution < 1.29 is 0 Å². The van der Waals surface area contributed by atoms with Gasteiger partial charge in [-0.1, -0.05) is 183 Å². The molecule has 0 saturated heterocycles. The Bertz CT molecular complexity index is 2650. The van der Waals surface area contributed by atoms with Gasteiger partial charge in [-0.25, -0.2) is 0 Å². The van der Waals surface area contributed by atoms with Crippen LogP contribution in [-0.4, -0.2) is 9.97 Å². The van der Waals surface area contributed by atoms with Crippen molar-refractivity contribution in [2.24, 2.45) is 0 Å². The van der Waals surface area contributed by atoms with Gasteiger partial charge in [-0.3, -0.25) is 9.97 Å². The first-order valence-corrected chi connectivity index (χ1v) is 20.6. The first-order chi connectivity index (χ1) is 29.0. The molecule has 9 aromatic rings. The topological polar surface area (TPSA) is 25.8 Å². The molecule has 0 unspecified atom stereocenters. The van der Waals surface area contributed by atoms with E-state index < -0.39 is 0 Å². The lowest BCUT2D eigenvalue weighted by atomic mass is 9.90. The van der Waals surface area contributed by atoms with Gasteiger partial charge in [0.25, 0.3) is 0 Å². The minimum atomic E-state index is 0.693. The summed E-state index contributed by atoms with van der Waals surface area (Å²) in [4.78, 5) is 9.69. The molecule has 2 nitrogen and oxygen atoms in total. The van der Waals surface area contributed by atoms with Crippen molar-refractivity contribution in [3.05, 3.63) is 217 Å². The second-order valence-corrected chi connectivity index (χ2v) is 14.9. The summed E-state index contributed by atoms with van der Waals surface area (Å²) < 4.78 is 0. The van der Waals surface area contributed by atoms with E-state index in [1.165, 1.54) is 22.3 Å². The molecule has 2 aromatic heterocycles. The molecule has 0 aliphatic rings. The molecule has 0 fully saturated rings. The number of nitrogens with zero attached hydrogens (tertiary/aromatic N) is 2. The summed E-state index contributed by atoms with van der Waals surface area (Å²) in [5, 5.41) is 0.693. The molecule has 0 spiro atoms. The summed E-state index contributed by atoms with van der Waals surface area (Å²) in [6, 6.07) is 66.1. The molecule has 0 atom stereocenters. The van der Waals surface area contributed by atoms with Crippen molar-refractivity contribution in [2.45, 2.75) is 27.7 Å². The Morgan fingerprint density at radius 1 is 0.305 bits per heavy atom. The lowest BCUT2D eigenvalue weighted by molar-refractivity contribution is 1.29. The quantitative estimate of drug-likeness (QED) is 0.153. The molecule has 0 aliphatic carbocycles. The van der Waals surface area contributed by atoms with Crippen molar-refractivity contribution in [1.82, 2.24) is 9.97 Å². The molecule has 0 aliphatic heterocycles. The van der Waals surface area contributed by atoms with Crippen LogP contribution in [0.4, 0.5) is 0 Å². The van der Waals surface area contributed by atoms with E-state index in [1.807, 2.05) is 38.4 Å². The first kappa shape index (κ1) is 39.0. The molecule has 0 bridgehead atoms. The third-order valence-corrected chi connectivity index (χ3v) is 11.0. The van der Waals surface area contributed by atoms with Gasteiger partial charge in [-0.2, -0.15) is 0 Å². The molecule has 2 heterocycles. The van der Waals surface area contributed by atoms with Crippen molar-refractivity contribution in [1.29, 1.82) is 0 Å². The minimum Gasteiger partial charge on any atom is -0.256 e. The fraction of sp³-hybridized carbons (Fsp3) is 0.0714. The number of halogens is 1. The van der Waals surface area contributed by atoms with Crippen LogP contribution in [0.3, 0.4) is 0 Å². The largest absolute Gasteiger partial charge is 0.256 e. The van der Waals surface area contributed by atoms with Crippen LogP contribution < -0.4 is 0 Å². The van der Waals surface area contributed by atoms with Gasteiger partial charge in [0.05, 0.1) is 11.4 Å². The van der Waals surface area contributed by atoms with Gasteiger partial charge in [0.2, 0.25) is 0 Å². The predicted molar refractivity (Wildman–Crippen MR) is 251 cm³/mol. The number of hydrogen-bond donors (Lipinski definition) is 0. The number of aryl methyl sites for hydroxylation is 2. The van der Waals surface area contributed by atoms with Gasteiger partial charge in [-0.15, -0.1) is 0 Å². The standard InChI is InChI=1S/C54H39ClN2.C2H6/c1-36-29-53(56-34-51(36)38-13-5-3-6-14-38)42-25-21-40(22-26-42)47-17-9-11-19-49(47)44-31-45(33-46(55)32-44)50-20-12-10-18-48(50)41-23-27-43(28-24-41)54-30-37(2)52(35-57-54)39-15-7-4-8-16-39;1-2/h3-35H,1-2H3;1-2H3. The number of rotatable bonds is 8. The van der Waals surface area contributed by atoms with Crippen LogP contribution >= 0.6 is 11.6 Å². The highest BCUT2D eigenvalue weighted by molar-refractivity contribution is 6.31. The lowest BCUT2D eigenvalue weighted by Gasteiger charge is -2.15. The van der Waals surface area contributed by atoms with E-state index in [9.17, 15) is 0 Å². The molecule has 7 aromatic carbocycles. The maximum Gasteiger partial charge on any atom is 0.0705 e. The van der Waals surface area contributed by atoms with E-state index in [-0.39, 0.29) is 0 Å². The van der Waals surface area contributed by atoms with E-state index in [4.69, 9.17) is 21.6 Å². The second-order valence-electron chi connectivity index (χ2n) is 14.5. The molecule has 9 rings (SSSR count). The summed E-state index contributed by atoms with van der Waals surface area (Å²) in [5.74, 6) is 0. The van der Waals surface area contributed by atoms with Crippen LogP contribution in [0.2, 0.25) is 5.02 Å². The average Bonchev–Trinajstić information content (AvgIpc) is 3.30. The summed E-state index contributed by atoms with van der Waals surface area (Å²) >= 11 is 6.94. The Morgan fingerprint density at radius 2 is 0.610 bits per heavy atom. The zero-order valence-electron chi connectivity index (χ0n) is 33.8. The third kappa shape index (κ3) is 8.41. The first-order valence-electron chi connectivity index (χ1n) is 20.2. The van der Waals surface area contributed by atoms with Crippen LogP contribution in [-0.2, 0) is 0 Å². The molecule has 0 radical (unpaired) electrons. The Balaban J connectivity index is 0.00000238. The fourth-order valence-electron chi connectivity index (χ4n) is 7.78. The predicted octanol–water partition coefficient (Wildman–Crippen LogP) is 16.1. The zero-order chi connectivity index (χ0) is 40.7. The maximum atomic E-state index is 6.94. The Kier molecular flexibility index (Phi) is 11.7.